The van der Waals surface area contributed by atoms with Gasteiger partial charge in [0.15, 0.2) is 0 Å². The number of nitrogens with one attached hydrogen (secondary N) is 1. The Morgan fingerprint density at radius 2 is 2.00 bits per heavy atom. The second-order valence-electron chi connectivity index (χ2n) is 3.47. The summed E-state index contributed by atoms with van der Waals surface area (Å²) in [4.78, 5) is 26.6. The van der Waals surface area contributed by atoms with Gasteiger partial charge in [-0.2, -0.15) is 0 Å². The molecule has 82 valence electrons. The topological polar surface area (TPSA) is 71.5 Å². The number of aromatic nitrogens is 4. The minimum absolute atomic E-state index is 0.106. The molecule has 5 heteroatoms. The van der Waals surface area contributed by atoms with E-state index < -0.39 is 0 Å². The van der Waals surface area contributed by atoms with Crippen LogP contribution in [0.3, 0.4) is 0 Å². The molecule has 16 heavy (non-hydrogen) atoms. The standard InChI is InChI=1S/C11H12N4O/c1-3-9-14-10(7(2)11(16)15-9)8-4-12-6-13-5-8/h4-6H,3H2,1-2H3,(H,14,15,16). The zero-order chi connectivity index (χ0) is 11.5. The highest BCUT2D eigenvalue weighted by atomic mass is 16.1. The first-order chi connectivity index (χ1) is 7.72. The predicted octanol–water partition coefficient (Wildman–Crippen LogP) is 1.10. The monoisotopic (exact) mass is 216 g/mol. The first-order valence-corrected chi connectivity index (χ1v) is 5.07. The largest absolute Gasteiger partial charge is 0.310 e. The lowest BCUT2D eigenvalue weighted by atomic mass is 10.1. The fourth-order valence-electron chi connectivity index (χ4n) is 1.45. The minimum atomic E-state index is -0.106. The summed E-state index contributed by atoms with van der Waals surface area (Å²) in [6.07, 6.45) is 5.45. The van der Waals surface area contributed by atoms with E-state index >= 15 is 0 Å². The molecule has 0 bridgehead atoms. The number of H-pyrrole nitrogens is 1. The van der Waals surface area contributed by atoms with Crippen molar-refractivity contribution in [1.29, 1.82) is 0 Å². The molecule has 0 radical (unpaired) electrons. The summed E-state index contributed by atoms with van der Waals surface area (Å²) in [5, 5.41) is 0. The number of hydrogen-bond acceptors (Lipinski definition) is 4. The van der Waals surface area contributed by atoms with E-state index in [1.807, 2.05) is 6.92 Å². The third-order valence-corrected chi connectivity index (χ3v) is 2.37. The molecule has 0 aliphatic rings. The van der Waals surface area contributed by atoms with Crippen molar-refractivity contribution in [2.75, 3.05) is 0 Å². The van der Waals surface area contributed by atoms with Gasteiger partial charge in [-0.25, -0.2) is 15.0 Å². The molecule has 0 aromatic carbocycles. The van der Waals surface area contributed by atoms with Crippen molar-refractivity contribution in [2.45, 2.75) is 20.3 Å². The van der Waals surface area contributed by atoms with E-state index in [0.717, 1.165) is 5.56 Å². The van der Waals surface area contributed by atoms with Gasteiger partial charge in [0, 0.05) is 29.9 Å². The summed E-state index contributed by atoms with van der Waals surface area (Å²) in [6, 6.07) is 0. The fourth-order valence-corrected chi connectivity index (χ4v) is 1.45. The van der Waals surface area contributed by atoms with Gasteiger partial charge in [-0.1, -0.05) is 6.92 Å². The number of nitrogens with zero attached hydrogens (tertiary/aromatic N) is 3. The molecule has 0 fully saturated rings. The van der Waals surface area contributed by atoms with Crippen LogP contribution in [0.1, 0.15) is 18.3 Å². The second-order valence-corrected chi connectivity index (χ2v) is 3.47. The van der Waals surface area contributed by atoms with Crippen LogP contribution in [-0.4, -0.2) is 19.9 Å². The van der Waals surface area contributed by atoms with Crippen LogP contribution in [0, 0.1) is 6.92 Å². The lowest BCUT2D eigenvalue weighted by molar-refractivity contribution is 0.910. The maximum Gasteiger partial charge on any atom is 0.254 e. The molecule has 0 spiro atoms. The molecular formula is C11H12N4O. The molecular weight excluding hydrogens is 204 g/mol. The van der Waals surface area contributed by atoms with Crippen LogP contribution < -0.4 is 5.56 Å². The third-order valence-electron chi connectivity index (χ3n) is 2.37. The van der Waals surface area contributed by atoms with Gasteiger partial charge in [0.1, 0.15) is 12.2 Å². The molecule has 2 rings (SSSR count). The van der Waals surface area contributed by atoms with Crippen molar-refractivity contribution in [3.05, 3.63) is 40.5 Å². The number of aromatic amines is 1. The molecule has 0 aliphatic heterocycles. The van der Waals surface area contributed by atoms with Gasteiger partial charge in [-0.3, -0.25) is 4.79 Å². The highest BCUT2D eigenvalue weighted by molar-refractivity contribution is 5.60. The van der Waals surface area contributed by atoms with Gasteiger partial charge in [0.25, 0.3) is 5.56 Å². The van der Waals surface area contributed by atoms with Gasteiger partial charge in [-0.15, -0.1) is 0 Å². The Bertz CT molecular complexity index is 548. The first-order valence-electron chi connectivity index (χ1n) is 5.07. The van der Waals surface area contributed by atoms with Crippen LogP contribution in [0.25, 0.3) is 11.3 Å². The highest BCUT2D eigenvalue weighted by Crippen LogP contribution is 2.16. The Labute approximate surface area is 92.6 Å². The summed E-state index contributed by atoms with van der Waals surface area (Å²) in [7, 11) is 0. The van der Waals surface area contributed by atoms with E-state index in [-0.39, 0.29) is 5.56 Å². The maximum atomic E-state index is 11.7. The summed E-state index contributed by atoms with van der Waals surface area (Å²) in [5.41, 5.74) is 1.90. The lowest BCUT2D eigenvalue weighted by Crippen LogP contribution is -2.15. The Morgan fingerprint density at radius 3 is 2.62 bits per heavy atom. The Hall–Kier alpha value is -2.04. The van der Waals surface area contributed by atoms with E-state index in [0.29, 0.717) is 23.5 Å². The van der Waals surface area contributed by atoms with Crippen LogP contribution in [0.15, 0.2) is 23.5 Å². The highest BCUT2D eigenvalue weighted by Gasteiger charge is 2.09. The maximum absolute atomic E-state index is 11.7. The van der Waals surface area contributed by atoms with Crippen LogP contribution in [0.2, 0.25) is 0 Å². The molecule has 2 heterocycles. The molecule has 0 aliphatic carbocycles. The van der Waals surface area contributed by atoms with Gasteiger partial charge < -0.3 is 4.98 Å². The van der Waals surface area contributed by atoms with Gasteiger partial charge in [-0.05, 0) is 6.92 Å². The Balaban J connectivity index is 2.65. The smallest absolute Gasteiger partial charge is 0.254 e. The summed E-state index contributed by atoms with van der Waals surface area (Å²) < 4.78 is 0. The summed E-state index contributed by atoms with van der Waals surface area (Å²) in [6.45, 7) is 3.69. The average molecular weight is 216 g/mol. The van der Waals surface area contributed by atoms with Crippen LogP contribution in [-0.2, 0) is 6.42 Å². The molecule has 1 N–H and O–H groups in total. The summed E-state index contributed by atoms with van der Waals surface area (Å²) in [5.74, 6) is 0.675. The quantitative estimate of drug-likeness (QED) is 0.815. The molecule has 5 nitrogen and oxygen atoms in total. The molecule has 0 atom stereocenters. The molecule has 0 saturated carbocycles. The Morgan fingerprint density at radius 1 is 1.31 bits per heavy atom. The van der Waals surface area contributed by atoms with Crippen molar-refractivity contribution in [1.82, 2.24) is 19.9 Å². The Kier molecular flexibility index (Phi) is 2.76. The predicted molar refractivity (Wildman–Crippen MR) is 60.0 cm³/mol. The normalized spacial score (nSPS) is 10.4. The van der Waals surface area contributed by atoms with Crippen molar-refractivity contribution < 1.29 is 0 Å². The lowest BCUT2D eigenvalue weighted by Gasteiger charge is -2.05. The number of hydrogen-bond donors (Lipinski definition) is 1. The van der Waals surface area contributed by atoms with Crippen LogP contribution in [0.5, 0.6) is 0 Å². The third kappa shape index (κ3) is 1.84. The molecule has 0 saturated heterocycles. The molecule has 2 aromatic heterocycles. The van der Waals surface area contributed by atoms with Crippen molar-refractivity contribution >= 4 is 0 Å². The summed E-state index contributed by atoms with van der Waals surface area (Å²) >= 11 is 0. The number of rotatable bonds is 2. The van der Waals surface area contributed by atoms with Crippen molar-refractivity contribution in [3.63, 3.8) is 0 Å². The van der Waals surface area contributed by atoms with Crippen molar-refractivity contribution in [3.8, 4) is 11.3 Å². The van der Waals surface area contributed by atoms with Gasteiger partial charge >= 0.3 is 0 Å². The second kappa shape index (κ2) is 4.22. The SMILES string of the molecule is CCc1nc(-c2cncnc2)c(C)c(=O)[nH]1. The van der Waals surface area contributed by atoms with Gasteiger partial charge in [0.2, 0.25) is 0 Å². The molecule has 0 unspecified atom stereocenters. The molecule has 2 aromatic rings. The van der Waals surface area contributed by atoms with Crippen molar-refractivity contribution in [2.24, 2.45) is 0 Å². The zero-order valence-corrected chi connectivity index (χ0v) is 9.19. The number of aryl methyl sites for hydroxylation is 1. The van der Waals surface area contributed by atoms with E-state index in [9.17, 15) is 4.79 Å². The molecule has 0 amide bonds. The van der Waals surface area contributed by atoms with E-state index in [2.05, 4.69) is 19.9 Å². The van der Waals surface area contributed by atoms with Gasteiger partial charge in [0.05, 0.1) is 5.69 Å². The van der Waals surface area contributed by atoms with E-state index in [1.54, 1.807) is 19.3 Å². The fraction of sp³-hybridized carbons (Fsp3) is 0.273. The van der Waals surface area contributed by atoms with Crippen LogP contribution >= 0.6 is 0 Å². The van der Waals surface area contributed by atoms with E-state index in [4.69, 9.17) is 0 Å². The zero-order valence-electron chi connectivity index (χ0n) is 9.19. The minimum Gasteiger partial charge on any atom is -0.310 e. The van der Waals surface area contributed by atoms with E-state index in [1.165, 1.54) is 6.33 Å². The van der Waals surface area contributed by atoms with Crippen LogP contribution in [0.4, 0.5) is 0 Å². The average Bonchev–Trinajstić information content (AvgIpc) is 2.33. The first kappa shape index (κ1) is 10.5.